The molecule has 36 heavy (non-hydrogen) atoms. The van der Waals surface area contributed by atoms with E-state index in [-0.39, 0.29) is 0 Å². The van der Waals surface area contributed by atoms with Crippen LogP contribution in [-0.4, -0.2) is 19.9 Å². The topological polar surface area (TPSA) is 29.1 Å². The molecule has 4 heteroatoms. The molecule has 0 aliphatic carbocycles. The number of carbonyl (C=O) groups excluding carboxylic acids is 1. The van der Waals surface area contributed by atoms with Crippen LogP contribution in [0.2, 0.25) is 10.0 Å². The van der Waals surface area contributed by atoms with Gasteiger partial charge in [0.05, 0.1) is 0 Å². The summed E-state index contributed by atoms with van der Waals surface area (Å²) in [5, 5.41) is 4.48. The highest BCUT2D eigenvalue weighted by Crippen LogP contribution is 2.29. The molecule has 0 spiro atoms. The van der Waals surface area contributed by atoms with Crippen LogP contribution in [0.1, 0.15) is 72.4 Å². The minimum atomic E-state index is 0.612. The van der Waals surface area contributed by atoms with Gasteiger partial charge < -0.3 is 5.32 Å². The van der Waals surface area contributed by atoms with Crippen LogP contribution in [0.25, 0.3) is 5.57 Å². The highest BCUT2D eigenvalue weighted by Gasteiger charge is 2.04. The molecule has 2 aromatic rings. The van der Waals surface area contributed by atoms with Gasteiger partial charge in [-0.1, -0.05) is 116 Å². The molecule has 0 aliphatic rings. The summed E-state index contributed by atoms with van der Waals surface area (Å²) in [7, 11) is 1.99. The van der Waals surface area contributed by atoms with E-state index in [0.29, 0.717) is 16.0 Å². The van der Waals surface area contributed by atoms with E-state index in [4.69, 9.17) is 23.2 Å². The molecule has 2 nitrogen and oxygen atoms in total. The highest BCUT2D eigenvalue weighted by atomic mass is 35.5. The Morgan fingerprint density at radius 2 is 1.42 bits per heavy atom. The molecule has 2 aromatic carbocycles. The monoisotopic (exact) mass is 529 g/mol. The number of halogens is 2. The summed E-state index contributed by atoms with van der Waals surface area (Å²) in [5.74, 6) is 0.612. The second-order valence-corrected chi connectivity index (χ2v) is 9.31. The van der Waals surface area contributed by atoms with Gasteiger partial charge in [-0.05, 0) is 70.9 Å². The Balaban J connectivity index is 0. The Hall–Kier alpha value is -2.39. The van der Waals surface area contributed by atoms with Crippen molar-refractivity contribution in [1.82, 2.24) is 5.32 Å². The fourth-order valence-corrected chi connectivity index (χ4v) is 3.55. The van der Waals surface area contributed by atoms with Crippen LogP contribution in [0, 0.1) is 0 Å². The van der Waals surface area contributed by atoms with Gasteiger partial charge in [-0.2, -0.15) is 0 Å². The number of aldehydes is 1. The average molecular weight is 531 g/mol. The lowest BCUT2D eigenvalue weighted by Crippen LogP contribution is -2.14. The third-order valence-corrected chi connectivity index (χ3v) is 5.10. The van der Waals surface area contributed by atoms with Gasteiger partial charge in [0.2, 0.25) is 0 Å². The van der Waals surface area contributed by atoms with Gasteiger partial charge in [0, 0.05) is 27.7 Å². The average Bonchev–Trinajstić information content (AvgIpc) is 2.84. The van der Waals surface area contributed by atoms with E-state index in [0.717, 1.165) is 35.1 Å². The minimum absolute atomic E-state index is 0.612. The minimum Gasteiger partial charge on any atom is -0.319 e. The Morgan fingerprint density at radius 3 is 1.78 bits per heavy atom. The Morgan fingerprint density at radius 1 is 0.889 bits per heavy atom. The lowest BCUT2D eigenvalue weighted by Gasteiger charge is -2.09. The maximum atomic E-state index is 10.5. The molecular formula is C32H45Cl2NO. The van der Waals surface area contributed by atoms with E-state index in [1.54, 1.807) is 12.1 Å². The first kappa shape index (κ1) is 35.8. The van der Waals surface area contributed by atoms with Crippen LogP contribution in [0.3, 0.4) is 0 Å². The van der Waals surface area contributed by atoms with Crippen molar-refractivity contribution in [3.05, 3.63) is 111 Å². The fourth-order valence-electron chi connectivity index (χ4n) is 2.83. The fraction of sp³-hybridized carbons (Fsp3) is 0.344. The third-order valence-electron chi connectivity index (χ3n) is 4.47. The van der Waals surface area contributed by atoms with Gasteiger partial charge in [-0.3, -0.25) is 4.79 Å². The molecule has 0 bridgehead atoms. The second-order valence-electron chi connectivity index (χ2n) is 8.50. The number of benzene rings is 2. The van der Waals surface area contributed by atoms with Crippen LogP contribution >= 0.6 is 23.2 Å². The molecule has 0 saturated heterocycles. The van der Waals surface area contributed by atoms with E-state index >= 15 is 0 Å². The molecule has 1 unspecified atom stereocenters. The molecule has 0 fully saturated rings. The molecule has 0 aliphatic heterocycles. The maximum Gasteiger partial charge on any atom is 0.150 e. The van der Waals surface area contributed by atoms with Crippen LogP contribution < -0.4 is 5.32 Å². The molecular weight excluding hydrogens is 485 g/mol. The third kappa shape index (κ3) is 17.1. The van der Waals surface area contributed by atoms with Crippen molar-refractivity contribution in [2.24, 2.45) is 0 Å². The lowest BCUT2D eigenvalue weighted by atomic mass is 10.0. The summed E-state index contributed by atoms with van der Waals surface area (Å²) in [4.78, 5) is 10.5. The van der Waals surface area contributed by atoms with Crippen molar-refractivity contribution in [3.8, 4) is 0 Å². The van der Waals surface area contributed by atoms with Crippen molar-refractivity contribution < 1.29 is 4.79 Å². The number of nitrogens with one attached hydrogen (secondary N) is 1. The van der Waals surface area contributed by atoms with Crippen LogP contribution in [0.4, 0.5) is 0 Å². The Kier molecular flexibility index (Phi) is 21.7. The molecule has 198 valence electrons. The zero-order valence-corrected chi connectivity index (χ0v) is 25.1. The summed E-state index contributed by atoms with van der Waals surface area (Å²) in [5.41, 5.74) is 6.18. The first-order valence-corrected chi connectivity index (χ1v) is 13.0. The van der Waals surface area contributed by atoms with Crippen LogP contribution in [-0.2, 0) is 4.79 Å². The predicted molar refractivity (Wildman–Crippen MR) is 164 cm³/mol. The van der Waals surface area contributed by atoms with E-state index in [2.05, 4.69) is 49.2 Å². The number of likely N-dealkylation sites (N-methyl/N-ethyl adjacent to an activating group) is 1. The summed E-state index contributed by atoms with van der Waals surface area (Å²) in [6.45, 7) is 20.9. The van der Waals surface area contributed by atoms with Gasteiger partial charge in [0.1, 0.15) is 6.29 Å². The first-order chi connectivity index (χ1) is 17.0. The molecule has 1 N–H and O–H groups in total. The van der Waals surface area contributed by atoms with Crippen LogP contribution in [0.5, 0.6) is 0 Å². The zero-order chi connectivity index (χ0) is 28.1. The summed E-state index contributed by atoms with van der Waals surface area (Å²) >= 11 is 11.8. The number of allylic oxidation sites excluding steroid dienone is 7. The standard InChI is InChI=1S/C11H16O.C10H15N.C9H8Cl2.C2H6/c1-9(2)5-6-11(8-12)7-10(3)4;1-9(8-11-2)10-6-4-3-5-7-10;1-6(2)9-7(10)4-3-5-8(9)11;1-2/h5-8H,1-4H3;3-7,9,11H,8H2,1-2H3;3-5H,1H2,2H3;1-2H3/b11-6+;;;. The van der Waals surface area contributed by atoms with Crippen molar-refractivity contribution in [2.45, 2.75) is 61.3 Å². The largest absolute Gasteiger partial charge is 0.319 e. The van der Waals surface area contributed by atoms with Gasteiger partial charge in [-0.25, -0.2) is 0 Å². The van der Waals surface area contributed by atoms with E-state index in [9.17, 15) is 4.79 Å². The van der Waals surface area contributed by atoms with Crippen LogP contribution in [0.15, 0.2) is 90.1 Å². The molecule has 0 amide bonds. The number of hydrogen-bond acceptors (Lipinski definition) is 2. The van der Waals surface area contributed by atoms with Crippen molar-refractivity contribution in [2.75, 3.05) is 13.6 Å². The van der Waals surface area contributed by atoms with Crippen molar-refractivity contribution in [3.63, 3.8) is 0 Å². The molecule has 0 saturated carbocycles. The van der Waals surface area contributed by atoms with Crippen molar-refractivity contribution >= 4 is 35.1 Å². The van der Waals surface area contributed by atoms with Crippen molar-refractivity contribution in [1.29, 1.82) is 0 Å². The van der Waals surface area contributed by atoms with E-state index in [1.807, 2.05) is 79.8 Å². The zero-order valence-electron chi connectivity index (χ0n) is 23.6. The summed E-state index contributed by atoms with van der Waals surface area (Å²) in [6, 6.07) is 16.0. The number of hydrogen-bond donors (Lipinski definition) is 1. The first-order valence-electron chi connectivity index (χ1n) is 12.3. The van der Waals surface area contributed by atoms with E-state index < -0.39 is 0 Å². The SMILES string of the molecule is C=C(C)c1c(Cl)cccc1Cl.CC.CC(C)=C/C=C(/C=O)C=C(C)C.CNCC(C)c1ccccc1. The molecule has 2 rings (SSSR count). The van der Waals surface area contributed by atoms with Gasteiger partial charge >= 0.3 is 0 Å². The van der Waals surface area contributed by atoms with Gasteiger partial charge in [0.25, 0.3) is 0 Å². The molecule has 0 heterocycles. The van der Waals surface area contributed by atoms with Gasteiger partial charge in [-0.15, -0.1) is 0 Å². The molecule has 1 atom stereocenters. The molecule has 0 radical (unpaired) electrons. The highest BCUT2D eigenvalue weighted by molar-refractivity contribution is 6.37. The smallest absolute Gasteiger partial charge is 0.150 e. The second kappa shape index (κ2) is 21.9. The summed E-state index contributed by atoms with van der Waals surface area (Å²) in [6.07, 6.45) is 6.50. The van der Waals surface area contributed by atoms with Gasteiger partial charge in [0.15, 0.2) is 0 Å². The molecule has 0 aromatic heterocycles. The number of rotatable bonds is 7. The van der Waals surface area contributed by atoms with E-state index in [1.165, 1.54) is 11.1 Å². The Bertz CT molecular complexity index is 960. The normalized spacial score (nSPS) is 10.6. The Labute approximate surface area is 230 Å². The quantitative estimate of drug-likeness (QED) is 0.219. The number of carbonyl (C=O) groups is 1. The lowest BCUT2D eigenvalue weighted by molar-refractivity contribution is -0.104. The summed E-state index contributed by atoms with van der Waals surface area (Å²) < 4.78 is 0. The predicted octanol–water partition coefficient (Wildman–Crippen LogP) is 10.1. The maximum absolute atomic E-state index is 10.5.